The largest absolute Gasteiger partial charge is 0.496 e. The fraction of sp³-hybridized carbons (Fsp3) is 0.440. The van der Waals surface area contributed by atoms with Crippen LogP contribution in [0.2, 0.25) is 19.6 Å². The molecule has 1 saturated heterocycles. The highest BCUT2D eigenvalue weighted by atomic mass is 28.3. The van der Waals surface area contributed by atoms with Gasteiger partial charge in [0.2, 0.25) is 5.65 Å². The molecule has 1 aliphatic rings. The van der Waals surface area contributed by atoms with Crippen molar-refractivity contribution >= 4 is 25.3 Å². The number of hydrogen-bond donors (Lipinski definition) is 1. The third kappa shape index (κ3) is 5.14. The first-order valence-corrected chi connectivity index (χ1v) is 14.7. The van der Waals surface area contributed by atoms with Crippen LogP contribution < -0.4 is 10.1 Å². The molecule has 4 rings (SSSR count). The van der Waals surface area contributed by atoms with Crippen LogP contribution in [0, 0.1) is 18.4 Å². The van der Waals surface area contributed by atoms with E-state index in [1.54, 1.807) is 7.11 Å². The number of likely N-dealkylation sites (N-methyl/N-ethyl adjacent to an activating group) is 1. The van der Waals surface area contributed by atoms with Crippen LogP contribution in [0.4, 0.5) is 6.01 Å². The van der Waals surface area contributed by atoms with Gasteiger partial charge in [0.15, 0.2) is 5.58 Å². The maximum Gasteiger partial charge on any atom is 0.297 e. The fourth-order valence-corrected chi connectivity index (χ4v) is 4.57. The number of fused-ring (bicyclic) bond motifs is 1. The molecule has 1 unspecified atom stereocenters. The zero-order chi connectivity index (χ0) is 22.9. The molecule has 1 fully saturated rings. The summed E-state index contributed by atoms with van der Waals surface area (Å²) in [6, 6.07) is 8.87. The van der Waals surface area contributed by atoms with E-state index in [4.69, 9.17) is 14.1 Å². The summed E-state index contributed by atoms with van der Waals surface area (Å²) in [6.45, 7) is 10.9. The average molecular weight is 449 g/mol. The maximum absolute atomic E-state index is 5.92. The number of aromatic nitrogens is 2. The second kappa shape index (κ2) is 8.97. The minimum atomic E-state index is -1.45. The Hall–Kier alpha value is -2.82. The Morgan fingerprint density at radius 1 is 1.22 bits per heavy atom. The van der Waals surface area contributed by atoms with Crippen LogP contribution in [0.25, 0.3) is 22.5 Å². The predicted molar refractivity (Wildman–Crippen MR) is 133 cm³/mol. The van der Waals surface area contributed by atoms with Crippen molar-refractivity contribution < 1.29 is 9.15 Å². The van der Waals surface area contributed by atoms with Gasteiger partial charge in [0.05, 0.1) is 12.8 Å². The first-order valence-electron chi connectivity index (χ1n) is 11.2. The van der Waals surface area contributed by atoms with Gasteiger partial charge >= 0.3 is 0 Å². The Labute approximate surface area is 191 Å². The second-order valence-corrected chi connectivity index (χ2v) is 14.4. The molecule has 0 radical (unpaired) electrons. The molecular weight excluding hydrogens is 416 g/mol. The van der Waals surface area contributed by atoms with Crippen molar-refractivity contribution in [1.82, 2.24) is 14.9 Å². The normalized spacial score (nSPS) is 17.1. The summed E-state index contributed by atoms with van der Waals surface area (Å²) in [5, 5.41) is 3.43. The van der Waals surface area contributed by atoms with E-state index in [0.29, 0.717) is 23.3 Å². The lowest BCUT2D eigenvalue weighted by Crippen LogP contribution is -2.39. The number of nitrogens with zero attached hydrogens (tertiary/aromatic N) is 3. The molecule has 0 bridgehead atoms. The van der Waals surface area contributed by atoms with E-state index in [0.717, 1.165) is 47.6 Å². The Bertz CT molecular complexity index is 1190. The molecule has 2 aromatic heterocycles. The van der Waals surface area contributed by atoms with E-state index in [2.05, 4.69) is 66.3 Å². The molecule has 0 aliphatic carbocycles. The van der Waals surface area contributed by atoms with Crippen molar-refractivity contribution in [2.24, 2.45) is 0 Å². The van der Waals surface area contributed by atoms with Crippen LogP contribution in [0.15, 0.2) is 28.7 Å². The summed E-state index contributed by atoms with van der Waals surface area (Å²) < 4.78 is 11.6. The number of piperidine rings is 1. The number of benzene rings is 1. The number of methoxy groups -OCH3 is 1. The highest BCUT2D eigenvalue weighted by Gasteiger charge is 2.20. The monoisotopic (exact) mass is 448 g/mol. The predicted octanol–water partition coefficient (Wildman–Crippen LogP) is 4.94. The summed E-state index contributed by atoms with van der Waals surface area (Å²) in [6.07, 6.45) is 2.29. The number of rotatable bonds is 4. The molecule has 32 heavy (non-hydrogen) atoms. The lowest BCUT2D eigenvalue weighted by atomic mass is 10.0. The zero-order valence-electron chi connectivity index (χ0n) is 19.9. The fourth-order valence-electron chi connectivity index (χ4n) is 4.05. The van der Waals surface area contributed by atoms with E-state index in [-0.39, 0.29) is 0 Å². The van der Waals surface area contributed by atoms with Gasteiger partial charge in [-0.1, -0.05) is 25.6 Å². The molecule has 1 N–H and O–H groups in total. The van der Waals surface area contributed by atoms with Gasteiger partial charge in [-0.3, -0.25) is 0 Å². The van der Waals surface area contributed by atoms with E-state index in [1.807, 2.05) is 18.2 Å². The van der Waals surface area contributed by atoms with Crippen molar-refractivity contribution in [1.29, 1.82) is 0 Å². The van der Waals surface area contributed by atoms with Crippen LogP contribution in [0.1, 0.15) is 24.0 Å². The summed E-state index contributed by atoms with van der Waals surface area (Å²) in [4.78, 5) is 11.7. The van der Waals surface area contributed by atoms with Crippen molar-refractivity contribution in [3.05, 3.63) is 35.4 Å². The molecule has 1 aliphatic heterocycles. The van der Waals surface area contributed by atoms with Crippen LogP contribution >= 0.6 is 0 Å². The summed E-state index contributed by atoms with van der Waals surface area (Å²) in [7, 11) is 2.38. The molecule has 0 spiro atoms. The van der Waals surface area contributed by atoms with Crippen LogP contribution in [0.3, 0.4) is 0 Å². The Kier molecular flexibility index (Phi) is 6.27. The van der Waals surface area contributed by atoms with Crippen LogP contribution in [-0.4, -0.2) is 56.2 Å². The second-order valence-electron chi connectivity index (χ2n) is 9.65. The number of ether oxygens (including phenoxy) is 1. The third-order valence-corrected chi connectivity index (χ3v) is 6.44. The summed E-state index contributed by atoms with van der Waals surface area (Å²) >= 11 is 0. The minimum Gasteiger partial charge on any atom is -0.496 e. The number of oxazole rings is 1. The van der Waals surface area contributed by atoms with Crippen molar-refractivity contribution in [2.45, 2.75) is 45.4 Å². The topological polar surface area (TPSA) is 63.4 Å². The third-order valence-electron chi connectivity index (χ3n) is 5.56. The van der Waals surface area contributed by atoms with Gasteiger partial charge in [-0.15, -0.1) is 5.54 Å². The molecule has 1 aromatic carbocycles. The van der Waals surface area contributed by atoms with E-state index in [9.17, 15) is 0 Å². The maximum atomic E-state index is 5.92. The number of pyridine rings is 1. The van der Waals surface area contributed by atoms with Gasteiger partial charge in [0.1, 0.15) is 13.8 Å². The molecular formula is C25H32N4O2Si. The minimum absolute atomic E-state index is 0.341. The van der Waals surface area contributed by atoms with Gasteiger partial charge in [0.25, 0.3) is 6.01 Å². The smallest absolute Gasteiger partial charge is 0.297 e. The first kappa shape index (κ1) is 22.4. The van der Waals surface area contributed by atoms with Crippen molar-refractivity contribution in [3.8, 4) is 28.5 Å². The molecule has 6 nitrogen and oxygen atoms in total. The van der Waals surface area contributed by atoms with Gasteiger partial charge < -0.3 is 19.4 Å². The van der Waals surface area contributed by atoms with E-state index >= 15 is 0 Å². The van der Waals surface area contributed by atoms with E-state index < -0.39 is 8.07 Å². The molecule has 3 heterocycles. The summed E-state index contributed by atoms with van der Waals surface area (Å²) in [5.41, 5.74) is 8.51. The van der Waals surface area contributed by atoms with Crippen molar-refractivity contribution in [3.63, 3.8) is 0 Å². The quantitative estimate of drug-likeness (QED) is 0.450. The molecule has 1 atom stereocenters. The number of hydrogen-bond acceptors (Lipinski definition) is 6. The molecule has 168 valence electrons. The number of nitrogens with one attached hydrogen (secondary N) is 1. The van der Waals surface area contributed by atoms with Gasteiger partial charge in [-0.2, -0.15) is 4.98 Å². The number of anilines is 1. The molecule has 0 amide bonds. The Balaban J connectivity index is 1.64. The average Bonchev–Trinajstić information content (AvgIpc) is 3.12. The van der Waals surface area contributed by atoms with Crippen LogP contribution in [-0.2, 0) is 0 Å². The number of aryl methyl sites for hydroxylation is 1. The standard InChI is InChI=1S/C25H32N4O2Si/c1-17-14-18(11-13-32(4,5)6)15-22(30-3)23(17)20-9-10-21-24(27-20)28-25(31-21)26-19-8-7-12-29(2)16-19/h9-10,14-15,19H,7-8,12,16H2,1-6H3,(H,26,27,28). The highest BCUT2D eigenvalue weighted by molar-refractivity contribution is 6.83. The van der Waals surface area contributed by atoms with Gasteiger partial charge in [-0.05, 0) is 63.2 Å². The number of likely N-dealkylation sites (tertiary alicyclic amines) is 1. The zero-order valence-corrected chi connectivity index (χ0v) is 20.9. The van der Waals surface area contributed by atoms with Crippen molar-refractivity contribution in [2.75, 3.05) is 32.6 Å². The first-order chi connectivity index (χ1) is 15.2. The van der Waals surface area contributed by atoms with Gasteiger partial charge in [0, 0.05) is 23.7 Å². The SMILES string of the molecule is COc1cc(C#C[Si](C)(C)C)cc(C)c1-c1ccc2oc(NC3CCCN(C)C3)nc2n1. The Morgan fingerprint density at radius 3 is 2.75 bits per heavy atom. The lowest BCUT2D eigenvalue weighted by molar-refractivity contribution is 0.259. The van der Waals surface area contributed by atoms with E-state index in [1.165, 1.54) is 6.42 Å². The molecule has 7 heteroatoms. The summed E-state index contributed by atoms with van der Waals surface area (Å²) in [5.74, 6) is 4.09. The highest BCUT2D eigenvalue weighted by Crippen LogP contribution is 2.34. The lowest BCUT2D eigenvalue weighted by Gasteiger charge is -2.29. The molecule has 0 saturated carbocycles. The Morgan fingerprint density at radius 2 is 2.03 bits per heavy atom. The molecule has 3 aromatic rings. The van der Waals surface area contributed by atoms with Gasteiger partial charge in [-0.25, -0.2) is 4.98 Å². The van der Waals surface area contributed by atoms with Crippen LogP contribution in [0.5, 0.6) is 5.75 Å².